The van der Waals surface area contributed by atoms with Crippen LogP contribution in [0.2, 0.25) is 0 Å². The summed E-state index contributed by atoms with van der Waals surface area (Å²) in [4.78, 5) is 90.2. The van der Waals surface area contributed by atoms with Gasteiger partial charge in [0.2, 0.25) is 11.8 Å². The average Bonchev–Trinajstić information content (AvgIpc) is 3.16. The Kier molecular flexibility index (Phi) is 14.8. The van der Waals surface area contributed by atoms with Gasteiger partial charge in [-0.2, -0.15) is 0 Å². The highest BCUT2D eigenvalue weighted by Gasteiger charge is 2.29. The Balaban J connectivity index is 1.48. The van der Waals surface area contributed by atoms with Crippen molar-refractivity contribution in [1.29, 1.82) is 0 Å². The van der Waals surface area contributed by atoms with Gasteiger partial charge >= 0.3 is 24.0 Å². The maximum atomic E-state index is 13.5. The molecule has 2 atom stereocenters. The summed E-state index contributed by atoms with van der Waals surface area (Å²) < 4.78 is 15.9. The highest BCUT2D eigenvalue weighted by molar-refractivity contribution is 6.04. The zero-order valence-electron chi connectivity index (χ0n) is 30.9. The molecule has 292 valence electrons. The van der Waals surface area contributed by atoms with E-state index in [4.69, 9.17) is 14.2 Å². The van der Waals surface area contributed by atoms with Gasteiger partial charge in [0.05, 0.1) is 18.4 Å². The van der Waals surface area contributed by atoms with Crippen LogP contribution < -0.4 is 21.3 Å². The lowest BCUT2D eigenvalue weighted by molar-refractivity contribution is -0.147. The number of rotatable bonds is 16. The van der Waals surface area contributed by atoms with Gasteiger partial charge in [-0.3, -0.25) is 24.0 Å². The summed E-state index contributed by atoms with van der Waals surface area (Å²) in [6.45, 7) is 4.75. The first-order valence-corrected chi connectivity index (χ1v) is 17.4. The third-order valence-corrected chi connectivity index (χ3v) is 7.63. The number of aromatic carboxylic acids is 1. The monoisotopic (exact) mass is 766 g/mol. The van der Waals surface area contributed by atoms with E-state index < -0.39 is 72.2 Å². The Bertz CT molecular complexity index is 2030. The number of anilines is 2. The van der Waals surface area contributed by atoms with Crippen molar-refractivity contribution >= 4 is 53.1 Å². The summed E-state index contributed by atoms with van der Waals surface area (Å²) in [5.41, 5.74) is 0.564. The normalized spacial score (nSPS) is 11.8. The molecule has 0 radical (unpaired) electrons. The number of alkyl carbamates (subject to hydrolysis) is 1. The third kappa shape index (κ3) is 14.1. The number of carboxylic acids is 1. The number of carbonyl (C=O) groups excluding carboxylic acids is 6. The molecular formula is C41H42N4O11. The van der Waals surface area contributed by atoms with E-state index in [1.165, 1.54) is 48.5 Å². The van der Waals surface area contributed by atoms with Gasteiger partial charge in [0.15, 0.2) is 0 Å². The SMILES string of the molecule is CC(C)(C)OC(=O)N[C@H](CC(=O)OCc1ccccc1)C(=O)Nc1cccc(C(=O)N[C@H](CC(=O)OCc2ccccc2)C(=O)Nc2cccc(C(=O)O)c2)c1. The van der Waals surface area contributed by atoms with Gasteiger partial charge in [0.25, 0.3) is 5.91 Å². The molecule has 0 bridgehead atoms. The molecule has 0 unspecified atom stereocenters. The molecule has 0 fully saturated rings. The first-order chi connectivity index (χ1) is 26.6. The van der Waals surface area contributed by atoms with Crippen LogP contribution in [-0.4, -0.2) is 64.5 Å². The molecule has 4 amide bonds. The van der Waals surface area contributed by atoms with Crippen LogP contribution in [0.25, 0.3) is 0 Å². The van der Waals surface area contributed by atoms with Gasteiger partial charge in [-0.1, -0.05) is 72.8 Å². The van der Waals surface area contributed by atoms with Crippen LogP contribution in [0.15, 0.2) is 109 Å². The smallest absolute Gasteiger partial charge is 0.408 e. The second-order valence-corrected chi connectivity index (χ2v) is 13.4. The largest absolute Gasteiger partial charge is 0.478 e. The highest BCUT2D eigenvalue weighted by Crippen LogP contribution is 2.16. The number of carbonyl (C=O) groups is 7. The van der Waals surface area contributed by atoms with Crippen molar-refractivity contribution in [2.24, 2.45) is 0 Å². The number of amides is 4. The summed E-state index contributed by atoms with van der Waals surface area (Å²) in [5, 5.41) is 19.4. The van der Waals surface area contributed by atoms with Gasteiger partial charge in [0, 0.05) is 16.9 Å². The predicted molar refractivity (Wildman–Crippen MR) is 203 cm³/mol. The van der Waals surface area contributed by atoms with Crippen molar-refractivity contribution in [2.45, 2.75) is 64.5 Å². The summed E-state index contributed by atoms with van der Waals surface area (Å²) in [5.74, 6) is -5.29. The molecule has 56 heavy (non-hydrogen) atoms. The van der Waals surface area contributed by atoms with Gasteiger partial charge in [-0.15, -0.1) is 0 Å². The fourth-order valence-electron chi connectivity index (χ4n) is 4.96. The molecule has 0 aliphatic heterocycles. The fourth-order valence-corrected chi connectivity index (χ4v) is 4.96. The molecule has 0 aromatic heterocycles. The standard InChI is InChI=1S/C41H42N4O11/c1-41(2,3)56-40(53)45-33(23-35(47)55-25-27-14-8-5-9-15-27)38(50)42-30-18-10-16-28(20-30)36(48)44-32(22-34(46)54-24-26-12-6-4-7-13-26)37(49)43-31-19-11-17-29(21-31)39(51)52/h4-21,32-33H,22-25H2,1-3H3,(H,42,50)(H,43,49)(H,44,48)(H,45,53)(H,51,52)/t32-,33-/m1/s1. The maximum absolute atomic E-state index is 13.5. The van der Waals surface area contributed by atoms with Crippen LogP contribution in [-0.2, 0) is 46.6 Å². The first-order valence-electron chi connectivity index (χ1n) is 17.4. The van der Waals surface area contributed by atoms with Crippen molar-refractivity contribution in [1.82, 2.24) is 10.6 Å². The van der Waals surface area contributed by atoms with E-state index in [1.807, 2.05) is 0 Å². The van der Waals surface area contributed by atoms with Crippen LogP contribution in [0.5, 0.6) is 0 Å². The number of hydrogen-bond donors (Lipinski definition) is 5. The summed E-state index contributed by atoms with van der Waals surface area (Å²) in [6, 6.07) is 25.7. The minimum atomic E-state index is -1.48. The Morgan fingerprint density at radius 1 is 0.589 bits per heavy atom. The molecule has 0 aliphatic rings. The zero-order valence-corrected chi connectivity index (χ0v) is 30.9. The third-order valence-electron chi connectivity index (χ3n) is 7.63. The summed E-state index contributed by atoms with van der Waals surface area (Å²) in [7, 11) is 0. The van der Waals surface area contributed by atoms with Crippen molar-refractivity contribution in [2.75, 3.05) is 10.6 Å². The Hall–Kier alpha value is -7.03. The first kappa shape index (κ1) is 41.7. The Morgan fingerprint density at radius 3 is 1.50 bits per heavy atom. The van der Waals surface area contributed by atoms with E-state index in [9.17, 15) is 38.7 Å². The van der Waals surface area contributed by atoms with Crippen molar-refractivity contribution in [3.8, 4) is 0 Å². The summed E-state index contributed by atoms with van der Waals surface area (Å²) >= 11 is 0. The number of nitrogens with one attached hydrogen (secondary N) is 4. The number of ether oxygens (including phenoxy) is 3. The Labute approximate surface area is 322 Å². The maximum Gasteiger partial charge on any atom is 0.408 e. The molecule has 0 saturated carbocycles. The number of benzene rings is 4. The molecule has 5 N–H and O–H groups in total. The lowest BCUT2D eigenvalue weighted by Crippen LogP contribution is -2.47. The van der Waals surface area contributed by atoms with Gasteiger partial charge in [-0.25, -0.2) is 9.59 Å². The quantitative estimate of drug-likeness (QED) is 0.0736. The number of carboxylic acid groups (broad SMARTS) is 1. The van der Waals surface area contributed by atoms with Crippen molar-refractivity contribution in [3.63, 3.8) is 0 Å². The van der Waals surface area contributed by atoms with Gasteiger partial charge < -0.3 is 40.6 Å². The summed E-state index contributed by atoms with van der Waals surface area (Å²) in [6.07, 6.45) is -2.09. The molecule has 0 spiro atoms. The van der Waals surface area contributed by atoms with E-state index in [0.717, 1.165) is 0 Å². The van der Waals surface area contributed by atoms with Crippen LogP contribution in [0.1, 0.15) is 65.5 Å². The topological polar surface area (TPSA) is 216 Å². The van der Waals surface area contributed by atoms with Crippen molar-refractivity contribution in [3.05, 3.63) is 131 Å². The zero-order chi connectivity index (χ0) is 40.7. The lowest BCUT2D eigenvalue weighted by atomic mass is 10.1. The van der Waals surface area contributed by atoms with Gasteiger partial charge in [-0.05, 0) is 68.3 Å². The second-order valence-electron chi connectivity index (χ2n) is 13.4. The van der Waals surface area contributed by atoms with Crippen LogP contribution in [0, 0.1) is 0 Å². The van der Waals surface area contributed by atoms with E-state index in [-0.39, 0.29) is 35.7 Å². The van der Waals surface area contributed by atoms with Crippen LogP contribution in [0.3, 0.4) is 0 Å². The minimum Gasteiger partial charge on any atom is -0.478 e. The number of esters is 2. The van der Waals surface area contributed by atoms with E-state index in [0.29, 0.717) is 11.1 Å². The van der Waals surface area contributed by atoms with Crippen molar-refractivity contribution < 1.29 is 52.9 Å². The van der Waals surface area contributed by atoms with Gasteiger partial charge in [0.1, 0.15) is 30.9 Å². The van der Waals surface area contributed by atoms with Crippen LogP contribution >= 0.6 is 0 Å². The molecule has 15 heteroatoms. The Morgan fingerprint density at radius 2 is 1.04 bits per heavy atom. The molecule has 0 aliphatic carbocycles. The van der Waals surface area contributed by atoms with E-state index >= 15 is 0 Å². The average molecular weight is 767 g/mol. The molecule has 0 saturated heterocycles. The fraction of sp³-hybridized carbons (Fsp3) is 0.244. The molecule has 15 nitrogen and oxygen atoms in total. The molecule has 4 rings (SSSR count). The highest BCUT2D eigenvalue weighted by atomic mass is 16.6. The predicted octanol–water partition coefficient (Wildman–Crippen LogP) is 5.22. The van der Waals surface area contributed by atoms with E-state index in [2.05, 4.69) is 21.3 Å². The van der Waals surface area contributed by atoms with E-state index in [1.54, 1.807) is 81.4 Å². The second kappa shape index (κ2) is 19.9. The molecule has 4 aromatic rings. The molecule has 0 heterocycles. The molecular weight excluding hydrogens is 724 g/mol. The minimum absolute atomic E-state index is 0.0370. The molecule has 4 aromatic carbocycles. The van der Waals surface area contributed by atoms with Crippen LogP contribution in [0.4, 0.5) is 16.2 Å². The number of hydrogen-bond acceptors (Lipinski definition) is 10. The lowest BCUT2D eigenvalue weighted by Gasteiger charge is -2.23.